The Bertz CT molecular complexity index is 244. The van der Waals surface area contributed by atoms with Crippen LogP contribution < -0.4 is 10.6 Å². The minimum Gasteiger partial charge on any atom is -0.377 e. The van der Waals surface area contributed by atoms with Gasteiger partial charge in [0.25, 0.3) is 0 Å². The summed E-state index contributed by atoms with van der Waals surface area (Å²) in [5.41, 5.74) is 0. The molecule has 0 heterocycles. The largest absolute Gasteiger partial charge is 0.377 e. The van der Waals surface area contributed by atoms with E-state index in [0.29, 0.717) is 39.5 Å². The van der Waals surface area contributed by atoms with E-state index in [4.69, 9.17) is 9.47 Å². The van der Waals surface area contributed by atoms with Gasteiger partial charge in [0.2, 0.25) is 11.8 Å². The van der Waals surface area contributed by atoms with E-state index in [9.17, 15) is 9.59 Å². The standard InChI is InChI=1S/C11H20N2O4/c1-3-11(15)13-5-7-17-9-8-16-6-4-12-10(2)14/h3H,1,4-9H2,2H3,(H,12,14)(H,13,15). The smallest absolute Gasteiger partial charge is 0.243 e. The second-order valence-electron chi connectivity index (χ2n) is 3.20. The van der Waals surface area contributed by atoms with Crippen LogP contribution in [0.3, 0.4) is 0 Å². The highest BCUT2D eigenvalue weighted by Gasteiger charge is 1.94. The van der Waals surface area contributed by atoms with Gasteiger partial charge in [0.1, 0.15) is 0 Å². The molecule has 0 unspecified atom stereocenters. The lowest BCUT2D eigenvalue weighted by Crippen LogP contribution is -2.26. The maximum absolute atomic E-state index is 10.7. The number of carbonyl (C=O) groups excluding carboxylic acids is 2. The Balaban J connectivity index is 3.06. The molecule has 0 saturated carbocycles. The van der Waals surface area contributed by atoms with Crippen molar-refractivity contribution in [2.45, 2.75) is 6.92 Å². The highest BCUT2D eigenvalue weighted by Crippen LogP contribution is 1.78. The van der Waals surface area contributed by atoms with Crippen molar-refractivity contribution in [3.63, 3.8) is 0 Å². The maximum Gasteiger partial charge on any atom is 0.243 e. The van der Waals surface area contributed by atoms with Gasteiger partial charge < -0.3 is 20.1 Å². The summed E-state index contributed by atoms with van der Waals surface area (Å²) < 4.78 is 10.4. The summed E-state index contributed by atoms with van der Waals surface area (Å²) in [7, 11) is 0. The molecular weight excluding hydrogens is 224 g/mol. The third kappa shape index (κ3) is 12.5. The molecule has 17 heavy (non-hydrogen) atoms. The number of nitrogens with one attached hydrogen (secondary N) is 2. The van der Waals surface area contributed by atoms with Gasteiger partial charge in [-0.1, -0.05) is 6.58 Å². The Morgan fingerprint density at radius 1 is 1.06 bits per heavy atom. The fourth-order valence-electron chi connectivity index (χ4n) is 0.940. The minimum atomic E-state index is -0.208. The van der Waals surface area contributed by atoms with Gasteiger partial charge in [0.15, 0.2) is 0 Å². The van der Waals surface area contributed by atoms with Crippen LogP contribution in [-0.4, -0.2) is 51.3 Å². The van der Waals surface area contributed by atoms with Gasteiger partial charge in [0, 0.05) is 20.0 Å². The van der Waals surface area contributed by atoms with Crippen molar-refractivity contribution in [1.82, 2.24) is 10.6 Å². The van der Waals surface area contributed by atoms with Gasteiger partial charge in [-0.25, -0.2) is 0 Å². The van der Waals surface area contributed by atoms with Crippen LogP contribution in [0, 0.1) is 0 Å². The molecule has 2 amide bonds. The Morgan fingerprint density at radius 3 is 2.06 bits per heavy atom. The molecule has 0 spiro atoms. The van der Waals surface area contributed by atoms with Gasteiger partial charge >= 0.3 is 0 Å². The molecule has 0 bridgehead atoms. The van der Waals surface area contributed by atoms with E-state index in [1.165, 1.54) is 13.0 Å². The third-order valence-corrected chi connectivity index (χ3v) is 1.72. The Morgan fingerprint density at radius 2 is 1.59 bits per heavy atom. The molecular formula is C11H20N2O4. The summed E-state index contributed by atoms with van der Waals surface area (Å²) in [5, 5.41) is 5.20. The number of hydrogen-bond donors (Lipinski definition) is 2. The van der Waals surface area contributed by atoms with E-state index in [1.54, 1.807) is 0 Å². The summed E-state index contributed by atoms with van der Waals surface area (Å²) in [5.74, 6) is -0.275. The van der Waals surface area contributed by atoms with E-state index in [1.807, 2.05) is 0 Å². The fourth-order valence-corrected chi connectivity index (χ4v) is 0.940. The highest BCUT2D eigenvalue weighted by molar-refractivity contribution is 5.86. The summed E-state index contributed by atoms with van der Waals surface area (Å²) in [6, 6.07) is 0. The number of rotatable bonds is 10. The second-order valence-corrected chi connectivity index (χ2v) is 3.20. The predicted molar refractivity (Wildman–Crippen MR) is 63.5 cm³/mol. The molecule has 0 atom stereocenters. The van der Waals surface area contributed by atoms with Crippen LogP contribution >= 0.6 is 0 Å². The van der Waals surface area contributed by atoms with Gasteiger partial charge in [0.05, 0.1) is 26.4 Å². The van der Waals surface area contributed by atoms with Crippen molar-refractivity contribution in [1.29, 1.82) is 0 Å². The number of amides is 2. The predicted octanol–water partition coefficient (Wildman–Crippen LogP) is -0.542. The molecule has 98 valence electrons. The van der Waals surface area contributed by atoms with Crippen LogP contribution in [0.15, 0.2) is 12.7 Å². The molecule has 0 aliphatic heterocycles. The van der Waals surface area contributed by atoms with E-state index >= 15 is 0 Å². The number of carbonyl (C=O) groups is 2. The maximum atomic E-state index is 10.7. The van der Waals surface area contributed by atoms with E-state index in [2.05, 4.69) is 17.2 Å². The lowest BCUT2D eigenvalue weighted by molar-refractivity contribution is -0.119. The van der Waals surface area contributed by atoms with E-state index in [0.717, 1.165) is 0 Å². The Kier molecular flexibility index (Phi) is 10.2. The van der Waals surface area contributed by atoms with Gasteiger partial charge in [-0.15, -0.1) is 0 Å². The SMILES string of the molecule is C=CC(=O)NCCOCCOCCNC(C)=O. The average Bonchev–Trinajstić information content (AvgIpc) is 2.30. The summed E-state index contributed by atoms with van der Waals surface area (Å²) in [6.45, 7) is 7.58. The summed E-state index contributed by atoms with van der Waals surface area (Å²) >= 11 is 0. The molecule has 0 aromatic rings. The monoisotopic (exact) mass is 244 g/mol. The van der Waals surface area contributed by atoms with E-state index < -0.39 is 0 Å². The lowest BCUT2D eigenvalue weighted by atomic mass is 10.5. The van der Waals surface area contributed by atoms with Crippen molar-refractivity contribution in [2.24, 2.45) is 0 Å². The van der Waals surface area contributed by atoms with Crippen LogP contribution in [0.25, 0.3) is 0 Å². The van der Waals surface area contributed by atoms with Crippen molar-refractivity contribution >= 4 is 11.8 Å². The molecule has 0 aromatic heterocycles. The highest BCUT2D eigenvalue weighted by atomic mass is 16.5. The van der Waals surface area contributed by atoms with Gasteiger partial charge in [-0.05, 0) is 6.08 Å². The van der Waals surface area contributed by atoms with Crippen LogP contribution in [0.4, 0.5) is 0 Å². The quantitative estimate of drug-likeness (QED) is 0.399. The topological polar surface area (TPSA) is 76.7 Å². The normalized spacial score (nSPS) is 9.71. The fraction of sp³-hybridized carbons (Fsp3) is 0.636. The molecule has 0 radical (unpaired) electrons. The molecule has 0 rings (SSSR count). The second kappa shape index (κ2) is 11.1. The van der Waals surface area contributed by atoms with Crippen LogP contribution in [-0.2, 0) is 19.1 Å². The van der Waals surface area contributed by atoms with Crippen molar-refractivity contribution in [3.05, 3.63) is 12.7 Å². The zero-order chi connectivity index (χ0) is 12.9. The lowest BCUT2D eigenvalue weighted by Gasteiger charge is -2.06. The summed E-state index contributed by atoms with van der Waals surface area (Å²) in [6.07, 6.45) is 1.21. The first-order valence-corrected chi connectivity index (χ1v) is 5.47. The molecule has 6 nitrogen and oxygen atoms in total. The van der Waals surface area contributed by atoms with Crippen molar-refractivity contribution in [3.8, 4) is 0 Å². The third-order valence-electron chi connectivity index (χ3n) is 1.72. The first-order valence-electron chi connectivity index (χ1n) is 5.47. The molecule has 6 heteroatoms. The average molecular weight is 244 g/mol. The number of hydrogen-bond acceptors (Lipinski definition) is 4. The Hall–Kier alpha value is -1.40. The van der Waals surface area contributed by atoms with Crippen LogP contribution in [0.2, 0.25) is 0 Å². The first kappa shape index (κ1) is 15.6. The van der Waals surface area contributed by atoms with Gasteiger partial charge in [-0.3, -0.25) is 9.59 Å². The van der Waals surface area contributed by atoms with Crippen LogP contribution in [0.1, 0.15) is 6.92 Å². The zero-order valence-corrected chi connectivity index (χ0v) is 10.2. The molecule has 0 aliphatic carbocycles. The molecule has 0 fully saturated rings. The molecule has 0 aliphatic rings. The summed E-state index contributed by atoms with van der Waals surface area (Å²) in [4.78, 5) is 21.2. The van der Waals surface area contributed by atoms with Crippen LogP contribution in [0.5, 0.6) is 0 Å². The van der Waals surface area contributed by atoms with Gasteiger partial charge in [-0.2, -0.15) is 0 Å². The Labute approximate surface area is 101 Å². The van der Waals surface area contributed by atoms with Crippen molar-refractivity contribution < 1.29 is 19.1 Å². The molecule has 0 aromatic carbocycles. The molecule has 2 N–H and O–H groups in total. The first-order chi connectivity index (χ1) is 8.16. The minimum absolute atomic E-state index is 0.0668. The van der Waals surface area contributed by atoms with Crippen molar-refractivity contribution in [2.75, 3.05) is 39.5 Å². The number of ether oxygens (including phenoxy) is 2. The molecule has 0 saturated heterocycles. The van der Waals surface area contributed by atoms with E-state index in [-0.39, 0.29) is 11.8 Å². The zero-order valence-electron chi connectivity index (χ0n) is 10.2.